The number of likely N-dealkylation sites (tertiary alicyclic amines) is 1. The van der Waals surface area contributed by atoms with Gasteiger partial charge in [-0.1, -0.05) is 12.1 Å². The summed E-state index contributed by atoms with van der Waals surface area (Å²) in [6.07, 6.45) is 3.36. The summed E-state index contributed by atoms with van der Waals surface area (Å²) in [6, 6.07) is 7.24. The molecule has 128 valence electrons. The summed E-state index contributed by atoms with van der Waals surface area (Å²) in [5.74, 6) is -0.101. The van der Waals surface area contributed by atoms with Gasteiger partial charge in [0.1, 0.15) is 5.69 Å². The van der Waals surface area contributed by atoms with Crippen molar-refractivity contribution in [2.75, 3.05) is 19.7 Å². The van der Waals surface area contributed by atoms with Crippen LogP contribution >= 0.6 is 0 Å². The van der Waals surface area contributed by atoms with E-state index in [1.807, 2.05) is 29.2 Å². The summed E-state index contributed by atoms with van der Waals surface area (Å²) in [4.78, 5) is 37.8. The quantitative estimate of drug-likeness (QED) is 0.781. The van der Waals surface area contributed by atoms with E-state index in [2.05, 4.69) is 9.97 Å². The fourth-order valence-electron chi connectivity index (χ4n) is 4.40. The van der Waals surface area contributed by atoms with Crippen molar-refractivity contribution in [1.29, 1.82) is 0 Å². The van der Waals surface area contributed by atoms with Gasteiger partial charge in [-0.15, -0.1) is 0 Å². The molecule has 7 nitrogen and oxygen atoms in total. The number of hydrogen-bond acceptors (Lipinski definition) is 5. The Hall–Kier alpha value is -2.54. The summed E-state index contributed by atoms with van der Waals surface area (Å²) >= 11 is 0. The first-order chi connectivity index (χ1) is 12.2. The third kappa shape index (κ3) is 2.02. The SMILES string of the molecule is O=C(c1cnc2ccccc2n1)N1CC[C@@]23OCCCN2C(=O)C[C@@H]13. The lowest BCUT2D eigenvalue weighted by molar-refractivity contribution is -0.179. The Morgan fingerprint density at radius 3 is 2.96 bits per heavy atom. The number of para-hydroxylation sites is 2. The fraction of sp³-hybridized carbons (Fsp3) is 0.444. The molecule has 0 unspecified atom stereocenters. The number of nitrogens with zero attached hydrogens (tertiary/aromatic N) is 4. The van der Waals surface area contributed by atoms with Gasteiger partial charge in [0, 0.05) is 19.5 Å². The maximum atomic E-state index is 13.0. The van der Waals surface area contributed by atoms with Gasteiger partial charge in [0.2, 0.25) is 5.91 Å². The average molecular weight is 338 g/mol. The number of amides is 2. The normalized spacial score (nSPS) is 28.3. The second-order valence-electron chi connectivity index (χ2n) is 6.80. The fourth-order valence-corrected chi connectivity index (χ4v) is 4.40. The van der Waals surface area contributed by atoms with Crippen molar-refractivity contribution in [2.24, 2.45) is 0 Å². The molecule has 0 bridgehead atoms. The number of aromatic nitrogens is 2. The van der Waals surface area contributed by atoms with E-state index in [9.17, 15) is 9.59 Å². The average Bonchev–Trinajstić information content (AvgIpc) is 3.13. The van der Waals surface area contributed by atoms with Crippen molar-refractivity contribution >= 4 is 22.8 Å². The predicted molar refractivity (Wildman–Crippen MR) is 88.6 cm³/mol. The molecule has 5 rings (SSSR count). The number of hydrogen-bond donors (Lipinski definition) is 0. The van der Waals surface area contributed by atoms with E-state index in [1.54, 1.807) is 4.90 Å². The van der Waals surface area contributed by atoms with Crippen LogP contribution in [0.5, 0.6) is 0 Å². The molecule has 0 aliphatic carbocycles. The zero-order chi connectivity index (χ0) is 17.0. The van der Waals surface area contributed by atoms with Crippen LogP contribution in [0.3, 0.4) is 0 Å². The number of rotatable bonds is 1. The van der Waals surface area contributed by atoms with Gasteiger partial charge in [-0.25, -0.2) is 4.98 Å². The highest BCUT2D eigenvalue weighted by atomic mass is 16.5. The summed E-state index contributed by atoms with van der Waals surface area (Å²) in [5, 5.41) is 0. The molecule has 3 aliphatic heterocycles. The number of benzene rings is 1. The molecule has 4 heterocycles. The Labute approximate surface area is 144 Å². The van der Waals surface area contributed by atoms with Gasteiger partial charge in [0.15, 0.2) is 5.72 Å². The van der Waals surface area contributed by atoms with E-state index in [1.165, 1.54) is 6.20 Å². The number of carbonyl (C=O) groups excluding carboxylic acids is 2. The summed E-state index contributed by atoms with van der Waals surface area (Å²) in [7, 11) is 0. The Balaban J connectivity index is 1.49. The molecule has 0 saturated carbocycles. The monoisotopic (exact) mass is 338 g/mol. The van der Waals surface area contributed by atoms with Crippen LogP contribution in [0, 0.1) is 0 Å². The van der Waals surface area contributed by atoms with E-state index in [-0.39, 0.29) is 17.9 Å². The molecule has 3 fully saturated rings. The zero-order valence-corrected chi connectivity index (χ0v) is 13.7. The number of carbonyl (C=O) groups is 2. The van der Waals surface area contributed by atoms with Crippen molar-refractivity contribution in [3.63, 3.8) is 0 Å². The van der Waals surface area contributed by atoms with E-state index >= 15 is 0 Å². The molecular weight excluding hydrogens is 320 g/mol. The highest BCUT2D eigenvalue weighted by molar-refractivity contribution is 5.95. The molecular formula is C18H18N4O3. The van der Waals surface area contributed by atoms with E-state index in [0.29, 0.717) is 43.7 Å². The third-order valence-electron chi connectivity index (χ3n) is 5.54. The summed E-state index contributed by atoms with van der Waals surface area (Å²) in [5.41, 5.74) is 1.14. The molecule has 0 N–H and O–H groups in total. The number of ether oxygens (including phenoxy) is 1. The molecule has 7 heteroatoms. The van der Waals surface area contributed by atoms with Crippen molar-refractivity contribution in [1.82, 2.24) is 19.8 Å². The highest BCUT2D eigenvalue weighted by Gasteiger charge is 2.61. The van der Waals surface area contributed by atoms with Crippen LogP contribution < -0.4 is 0 Å². The third-order valence-corrected chi connectivity index (χ3v) is 5.54. The second kappa shape index (κ2) is 5.23. The van der Waals surface area contributed by atoms with Crippen LogP contribution in [0.1, 0.15) is 29.8 Å². The molecule has 2 aromatic rings. The Kier molecular flexibility index (Phi) is 3.09. The van der Waals surface area contributed by atoms with Crippen LogP contribution in [0.2, 0.25) is 0 Å². The Bertz CT molecular complexity index is 886. The van der Waals surface area contributed by atoms with Crippen LogP contribution in [0.15, 0.2) is 30.5 Å². The van der Waals surface area contributed by atoms with E-state index < -0.39 is 5.72 Å². The van der Waals surface area contributed by atoms with Gasteiger partial charge in [-0.05, 0) is 18.6 Å². The van der Waals surface area contributed by atoms with Gasteiger partial charge in [-0.2, -0.15) is 0 Å². The predicted octanol–water partition coefficient (Wildman–Crippen LogP) is 1.19. The van der Waals surface area contributed by atoms with Crippen molar-refractivity contribution in [3.05, 3.63) is 36.2 Å². The maximum absolute atomic E-state index is 13.0. The minimum atomic E-state index is -0.630. The minimum Gasteiger partial charge on any atom is -0.353 e. The lowest BCUT2D eigenvalue weighted by Crippen LogP contribution is -2.56. The smallest absolute Gasteiger partial charge is 0.274 e. The Morgan fingerprint density at radius 2 is 2.08 bits per heavy atom. The highest BCUT2D eigenvalue weighted by Crippen LogP contribution is 2.45. The van der Waals surface area contributed by atoms with E-state index in [4.69, 9.17) is 4.74 Å². The van der Waals surface area contributed by atoms with Crippen molar-refractivity contribution < 1.29 is 14.3 Å². The molecule has 2 amide bonds. The minimum absolute atomic E-state index is 0.0757. The molecule has 3 aliphatic rings. The molecule has 0 radical (unpaired) electrons. The summed E-state index contributed by atoms with van der Waals surface area (Å²) in [6.45, 7) is 1.92. The van der Waals surface area contributed by atoms with Crippen LogP contribution in [-0.2, 0) is 9.53 Å². The second-order valence-corrected chi connectivity index (χ2v) is 6.80. The first kappa shape index (κ1) is 14.8. The van der Waals surface area contributed by atoms with Crippen LogP contribution in [-0.4, -0.2) is 63.0 Å². The topological polar surface area (TPSA) is 75.6 Å². The van der Waals surface area contributed by atoms with Gasteiger partial charge in [-0.3, -0.25) is 14.6 Å². The lowest BCUT2D eigenvalue weighted by Gasteiger charge is -2.42. The van der Waals surface area contributed by atoms with Crippen molar-refractivity contribution in [3.8, 4) is 0 Å². The first-order valence-corrected chi connectivity index (χ1v) is 8.66. The van der Waals surface area contributed by atoms with Crippen LogP contribution in [0.4, 0.5) is 0 Å². The van der Waals surface area contributed by atoms with Gasteiger partial charge in [0.05, 0.1) is 36.3 Å². The molecule has 2 atom stereocenters. The summed E-state index contributed by atoms with van der Waals surface area (Å²) < 4.78 is 6.05. The molecule has 25 heavy (non-hydrogen) atoms. The van der Waals surface area contributed by atoms with Crippen LogP contribution in [0.25, 0.3) is 11.0 Å². The largest absolute Gasteiger partial charge is 0.353 e. The van der Waals surface area contributed by atoms with Crippen molar-refractivity contribution in [2.45, 2.75) is 31.0 Å². The lowest BCUT2D eigenvalue weighted by atomic mass is 10.0. The molecule has 1 spiro atoms. The number of fused-ring (bicyclic) bond motifs is 1. The zero-order valence-electron chi connectivity index (χ0n) is 13.7. The van der Waals surface area contributed by atoms with Gasteiger partial charge < -0.3 is 14.5 Å². The standard InChI is InChI=1S/C18H18N4O3/c23-16-10-15-18(22(16)7-3-9-25-18)6-8-21(15)17(24)14-11-19-12-4-1-2-5-13(12)20-14/h1-2,4-5,11,15H,3,6-10H2/t15-,18+/m1/s1. The first-order valence-electron chi connectivity index (χ1n) is 8.66. The maximum Gasteiger partial charge on any atom is 0.274 e. The van der Waals surface area contributed by atoms with Gasteiger partial charge >= 0.3 is 0 Å². The molecule has 3 saturated heterocycles. The molecule has 1 aromatic carbocycles. The van der Waals surface area contributed by atoms with Gasteiger partial charge in [0.25, 0.3) is 5.91 Å². The Morgan fingerprint density at radius 1 is 1.24 bits per heavy atom. The molecule has 1 aromatic heterocycles. The van der Waals surface area contributed by atoms with E-state index in [0.717, 1.165) is 11.9 Å².